The Morgan fingerprint density at radius 3 is 2.52 bits per heavy atom. The molecule has 128 valence electrons. The largest absolute Gasteiger partial charge is 0.322 e. The Balaban J connectivity index is 1.65. The number of amides is 3. The minimum absolute atomic E-state index is 0.241. The Morgan fingerprint density at radius 1 is 1.20 bits per heavy atom. The summed E-state index contributed by atoms with van der Waals surface area (Å²) in [5, 5.41) is 4.92. The zero-order chi connectivity index (χ0) is 18.0. The molecule has 2 aromatic rings. The van der Waals surface area contributed by atoms with Crippen LogP contribution in [0.1, 0.15) is 21.5 Å². The van der Waals surface area contributed by atoms with Gasteiger partial charge in [-0.3, -0.25) is 19.7 Å². The summed E-state index contributed by atoms with van der Waals surface area (Å²) in [4.78, 5) is 35.1. The summed E-state index contributed by atoms with van der Waals surface area (Å²) in [6.45, 7) is 1.89. The number of carbonyl (C=O) groups excluding carboxylic acids is 3. The lowest BCUT2D eigenvalue weighted by Gasteiger charge is -2.09. The molecule has 1 saturated heterocycles. The van der Waals surface area contributed by atoms with Gasteiger partial charge in [-0.25, -0.2) is 0 Å². The van der Waals surface area contributed by atoms with Gasteiger partial charge in [-0.1, -0.05) is 41.6 Å². The van der Waals surface area contributed by atoms with Gasteiger partial charge < -0.3 is 5.32 Å². The van der Waals surface area contributed by atoms with Crippen molar-refractivity contribution in [1.29, 1.82) is 0 Å². The first-order chi connectivity index (χ1) is 11.9. The van der Waals surface area contributed by atoms with Gasteiger partial charge in [0.1, 0.15) is 0 Å². The van der Waals surface area contributed by atoms with E-state index in [0.29, 0.717) is 22.7 Å². The second kappa shape index (κ2) is 7.29. The fraction of sp³-hybridized carbons (Fsp3) is 0.167. The highest BCUT2D eigenvalue weighted by molar-refractivity contribution is 8.15. The van der Waals surface area contributed by atoms with Crippen LogP contribution in [0.2, 0.25) is 5.02 Å². The number of imide groups is 1. The van der Waals surface area contributed by atoms with Crippen molar-refractivity contribution in [2.75, 3.05) is 5.32 Å². The monoisotopic (exact) mass is 374 g/mol. The lowest BCUT2D eigenvalue weighted by molar-refractivity contribution is -0.118. The predicted molar refractivity (Wildman–Crippen MR) is 99.2 cm³/mol. The van der Waals surface area contributed by atoms with Crippen LogP contribution in [0.3, 0.4) is 0 Å². The van der Waals surface area contributed by atoms with Crippen LogP contribution in [-0.4, -0.2) is 22.3 Å². The second-order valence-corrected chi connectivity index (χ2v) is 7.29. The molecule has 1 heterocycles. The average Bonchev–Trinajstić information content (AvgIpc) is 2.89. The van der Waals surface area contributed by atoms with Gasteiger partial charge in [0.15, 0.2) is 0 Å². The van der Waals surface area contributed by atoms with E-state index < -0.39 is 5.25 Å². The molecule has 0 saturated carbocycles. The molecule has 1 unspecified atom stereocenters. The molecule has 0 spiro atoms. The van der Waals surface area contributed by atoms with Crippen LogP contribution in [0.25, 0.3) is 0 Å². The Bertz CT molecular complexity index is 852. The van der Waals surface area contributed by atoms with Crippen LogP contribution in [-0.2, 0) is 11.2 Å². The molecule has 0 radical (unpaired) electrons. The maximum Gasteiger partial charge on any atom is 0.286 e. The van der Waals surface area contributed by atoms with E-state index in [1.165, 1.54) is 0 Å². The quantitative estimate of drug-likeness (QED) is 0.853. The highest BCUT2D eigenvalue weighted by Gasteiger charge is 2.31. The van der Waals surface area contributed by atoms with Crippen LogP contribution in [0.15, 0.2) is 42.5 Å². The first kappa shape index (κ1) is 17.5. The molecule has 1 atom stereocenters. The lowest BCUT2D eigenvalue weighted by atomic mass is 10.1. The van der Waals surface area contributed by atoms with Gasteiger partial charge in [-0.2, -0.15) is 0 Å². The molecule has 3 amide bonds. The van der Waals surface area contributed by atoms with E-state index in [-0.39, 0.29) is 17.1 Å². The third kappa shape index (κ3) is 4.21. The number of thioether (sulfide) groups is 1. The van der Waals surface area contributed by atoms with Crippen LogP contribution in [0.4, 0.5) is 10.5 Å². The molecule has 1 aliphatic rings. The van der Waals surface area contributed by atoms with Crippen LogP contribution in [0, 0.1) is 6.92 Å². The maximum atomic E-state index is 12.3. The van der Waals surface area contributed by atoms with E-state index in [4.69, 9.17) is 11.6 Å². The molecular formula is C18H15ClN2O3S. The smallest absolute Gasteiger partial charge is 0.286 e. The minimum Gasteiger partial charge on any atom is -0.322 e. The van der Waals surface area contributed by atoms with Gasteiger partial charge in [0.05, 0.1) is 5.25 Å². The second-order valence-electron chi connectivity index (χ2n) is 5.70. The van der Waals surface area contributed by atoms with Crippen molar-refractivity contribution in [1.82, 2.24) is 5.32 Å². The topological polar surface area (TPSA) is 75.3 Å². The van der Waals surface area contributed by atoms with Crippen LogP contribution in [0.5, 0.6) is 0 Å². The molecule has 3 rings (SSSR count). The molecular weight excluding hydrogens is 360 g/mol. The molecule has 2 N–H and O–H groups in total. The Hall–Kier alpha value is -2.31. The van der Waals surface area contributed by atoms with Crippen molar-refractivity contribution in [3.05, 3.63) is 64.2 Å². The summed E-state index contributed by atoms with van der Waals surface area (Å²) in [5.74, 6) is -0.511. The zero-order valence-corrected chi connectivity index (χ0v) is 14.9. The molecule has 0 bridgehead atoms. The van der Waals surface area contributed by atoms with Crippen molar-refractivity contribution in [2.45, 2.75) is 18.6 Å². The number of hydrogen-bond donors (Lipinski definition) is 2. The fourth-order valence-corrected chi connectivity index (χ4v) is 3.45. The molecule has 5 nitrogen and oxygen atoms in total. The highest BCUT2D eigenvalue weighted by atomic mass is 35.5. The molecule has 7 heteroatoms. The van der Waals surface area contributed by atoms with E-state index in [0.717, 1.165) is 22.9 Å². The number of halogens is 1. The van der Waals surface area contributed by atoms with E-state index in [2.05, 4.69) is 10.6 Å². The van der Waals surface area contributed by atoms with Gasteiger partial charge in [0.2, 0.25) is 5.91 Å². The van der Waals surface area contributed by atoms with Crippen molar-refractivity contribution < 1.29 is 14.4 Å². The Labute approximate surface area is 154 Å². The summed E-state index contributed by atoms with van der Waals surface area (Å²) in [6, 6.07) is 12.3. The number of hydrogen-bond acceptors (Lipinski definition) is 4. The van der Waals surface area contributed by atoms with E-state index >= 15 is 0 Å². The third-order valence-electron chi connectivity index (χ3n) is 3.83. The van der Waals surface area contributed by atoms with E-state index in [9.17, 15) is 14.4 Å². The number of carbonyl (C=O) groups is 3. The van der Waals surface area contributed by atoms with Crippen molar-refractivity contribution >= 4 is 46.1 Å². The standard InChI is InChI=1S/C18H15ClN2O3S/c1-10-2-7-13(9-14(10)19)20-16(22)12-5-3-11(4-6-12)8-15-17(23)21-18(24)25-15/h2-7,9,15H,8H2,1H3,(H,20,22)(H,21,23,24). The van der Waals surface area contributed by atoms with Crippen molar-refractivity contribution in [2.24, 2.45) is 0 Å². The molecule has 0 aromatic heterocycles. The first-order valence-electron chi connectivity index (χ1n) is 7.60. The van der Waals surface area contributed by atoms with E-state index in [1.54, 1.807) is 36.4 Å². The molecule has 25 heavy (non-hydrogen) atoms. The normalized spacial score (nSPS) is 16.6. The Morgan fingerprint density at radius 2 is 1.92 bits per heavy atom. The summed E-state index contributed by atoms with van der Waals surface area (Å²) in [7, 11) is 0. The molecule has 2 aromatic carbocycles. The Kier molecular flexibility index (Phi) is 5.11. The molecule has 1 aliphatic heterocycles. The zero-order valence-electron chi connectivity index (χ0n) is 13.3. The van der Waals surface area contributed by atoms with Gasteiger partial charge in [0, 0.05) is 16.3 Å². The molecule has 0 aliphatic carbocycles. The number of nitrogens with one attached hydrogen (secondary N) is 2. The van der Waals surface area contributed by atoms with E-state index in [1.807, 2.05) is 13.0 Å². The number of benzene rings is 2. The van der Waals surface area contributed by atoms with Crippen molar-refractivity contribution in [3.8, 4) is 0 Å². The van der Waals surface area contributed by atoms with Crippen LogP contribution >= 0.6 is 23.4 Å². The number of rotatable bonds is 4. The third-order valence-corrected chi connectivity index (χ3v) is 5.22. The summed E-state index contributed by atoms with van der Waals surface area (Å²) in [5.41, 5.74) is 2.95. The van der Waals surface area contributed by atoms with Crippen LogP contribution < -0.4 is 10.6 Å². The maximum absolute atomic E-state index is 12.3. The van der Waals surface area contributed by atoms with Gasteiger partial charge >= 0.3 is 0 Å². The SMILES string of the molecule is Cc1ccc(NC(=O)c2ccc(CC3SC(=O)NC3=O)cc2)cc1Cl. The van der Waals surface area contributed by atoms with Crippen molar-refractivity contribution in [3.63, 3.8) is 0 Å². The first-order valence-corrected chi connectivity index (χ1v) is 8.86. The van der Waals surface area contributed by atoms with Gasteiger partial charge in [-0.05, 0) is 48.7 Å². The van der Waals surface area contributed by atoms with Gasteiger partial charge in [-0.15, -0.1) is 0 Å². The lowest BCUT2D eigenvalue weighted by Crippen LogP contribution is -2.25. The summed E-state index contributed by atoms with van der Waals surface area (Å²) < 4.78 is 0. The minimum atomic E-state index is -0.415. The predicted octanol–water partition coefficient (Wildman–Crippen LogP) is 3.79. The van der Waals surface area contributed by atoms with Gasteiger partial charge in [0.25, 0.3) is 11.1 Å². The number of aryl methyl sites for hydroxylation is 1. The fourth-order valence-electron chi connectivity index (χ4n) is 2.41. The average molecular weight is 375 g/mol. The summed E-state index contributed by atoms with van der Waals surface area (Å²) in [6.07, 6.45) is 0.442. The highest BCUT2D eigenvalue weighted by Crippen LogP contribution is 2.23. The summed E-state index contributed by atoms with van der Waals surface area (Å²) >= 11 is 7.05. The number of anilines is 1. The molecule has 1 fully saturated rings.